The van der Waals surface area contributed by atoms with Gasteiger partial charge in [-0.2, -0.15) is 0 Å². The quantitative estimate of drug-likeness (QED) is 0.848. The average molecular weight is 299 g/mol. The van der Waals surface area contributed by atoms with E-state index in [1.165, 1.54) is 5.56 Å². The molecule has 108 valence electrons. The predicted octanol–water partition coefficient (Wildman–Crippen LogP) is 3.34. The molecule has 0 aliphatic carbocycles. The summed E-state index contributed by atoms with van der Waals surface area (Å²) in [6.07, 6.45) is 0. The second-order valence-corrected chi connectivity index (χ2v) is 5.89. The molecule has 1 fully saturated rings. The molecule has 1 saturated heterocycles. The number of benzene rings is 2. The molecule has 2 aromatic rings. The van der Waals surface area contributed by atoms with Gasteiger partial charge in [-0.25, -0.2) is 0 Å². The van der Waals surface area contributed by atoms with Crippen LogP contribution in [0.2, 0.25) is 0 Å². The Morgan fingerprint density at radius 1 is 1.05 bits per heavy atom. The minimum Gasteiger partial charge on any atom is -0.492 e. The summed E-state index contributed by atoms with van der Waals surface area (Å²) in [4.78, 5) is 14.0. The van der Waals surface area contributed by atoms with Gasteiger partial charge in [0.2, 0.25) is 5.91 Å². The van der Waals surface area contributed by atoms with Gasteiger partial charge in [-0.1, -0.05) is 48.5 Å². The van der Waals surface area contributed by atoms with Crippen LogP contribution in [0.15, 0.2) is 60.7 Å². The number of carbonyl (C=O) groups excluding carboxylic acids is 1. The number of hydrogen-bond donors (Lipinski definition) is 0. The van der Waals surface area contributed by atoms with Crippen molar-refractivity contribution in [3.05, 3.63) is 66.2 Å². The van der Waals surface area contributed by atoms with Crippen molar-refractivity contribution in [3.8, 4) is 5.75 Å². The van der Waals surface area contributed by atoms with Crippen LogP contribution >= 0.6 is 11.8 Å². The molecule has 1 amide bonds. The molecule has 0 spiro atoms. The van der Waals surface area contributed by atoms with E-state index in [1.54, 1.807) is 11.8 Å². The van der Waals surface area contributed by atoms with E-state index >= 15 is 0 Å². The van der Waals surface area contributed by atoms with Crippen molar-refractivity contribution in [1.82, 2.24) is 4.90 Å². The van der Waals surface area contributed by atoms with E-state index in [4.69, 9.17) is 4.74 Å². The third-order valence-corrected chi connectivity index (χ3v) is 4.65. The van der Waals surface area contributed by atoms with Gasteiger partial charge in [0.1, 0.15) is 17.7 Å². The van der Waals surface area contributed by atoms with Gasteiger partial charge in [0.25, 0.3) is 0 Å². The van der Waals surface area contributed by atoms with E-state index in [2.05, 4.69) is 12.1 Å². The number of carbonyl (C=O) groups is 1. The minimum absolute atomic E-state index is 0.109. The van der Waals surface area contributed by atoms with Gasteiger partial charge in [-0.15, -0.1) is 11.8 Å². The van der Waals surface area contributed by atoms with Gasteiger partial charge in [-0.05, 0) is 17.7 Å². The molecule has 0 aromatic heterocycles. The van der Waals surface area contributed by atoms with Gasteiger partial charge in [-0.3, -0.25) is 4.79 Å². The number of para-hydroxylation sites is 1. The van der Waals surface area contributed by atoms with E-state index in [0.717, 1.165) is 5.75 Å². The Morgan fingerprint density at radius 2 is 1.71 bits per heavy atom. The van der Waals surface area contributed by atoms with Crippen LogP contribution in [0.4, 0.5) is 0 Å². The Labute approximate surface area is 128 Å². The van der Waals surface area contributed by atoms with Crippen LogP contribution in [0.3, 0.4) is 0 Å². The summed E-state index contributed by atoms with van der Waals surface area (Å²) >= 11 is 1.68. The van der Waals surface area contributed by atoms with Crippen LogP contribution in [-0.4, -0.2) is 29.7 Å². The lowest BCUT2D eigenvalue weighted by atomic mass is 10.2. The molecule has 0 saturated carbocycles. The molecule has 4 heteroatoms. The van der Waals surface area contributed by atoms with Gasteiger partial charge in [0.15, 0.2) is 0 Å². The van der Waals surface area contributed by atoms with Crippen molar-refractivity contribution >= 4 is 17.7 Å². The number of amides is 1. The molecule has 1 unspecified atom stereocenters. The van der Waals surface area contributed by atoms with Gasteiger partial charge in [0, 0.05) is 0 Å². The van der Waals surface area contributed by atoms with Crippen LogP contribution in [0.25, 0.3) is 0 Å². The molecular formula is C17H17NO2S. The van der Waals surface area contributed by atoms with Crippen LogP contribution in [0.5, 0.6) is 5.75 Å². The third kappa shape index (κ3) is 3.39. The van der Waals surface area contributed by atoms with Crippen molar-refractivity contribution in [2.24, 2.45) is 0 Å². The monoisotopic (exact) mass is 299 g/mol. The first-order valence-electron chi connectivity index (χ1n) is 6.98. The zero-order chi connectivity index (χ0) is 14.5. The highest BCUT2D eigenvalue weighted by atomic mass is 32.2. The average Bonchev–Trinajstić information content (AvgIpc) is 2.91. The molecule has 3 nitrogen and oxygen atoms in total. The highest BCUT2D eigenvalue weighted by molar-refractivity contribution is 8.00. The number of nitrogens with zero attached hydrogens (tertiary/aromatic N) is 1. The second-order valence-electron chi connectivity index (χ2n) is 4.82. The van der Waals surface area contributed by atoms with E-state index in [1.807, 2.05) is 53.4 Å². The Kier molecular flexibility index (Phi) is 4.46. The smallest absolute Gasteiger partial charge is 0.233 e. The SMILES string of the molecule is O=C1CSC(c2ccccc2)N1CCOc1ccccc1. The molecule has 21 heavy (non-hydrogen) atoms. The molecule has 2 aromatic carbocycles. The predicted molar refractivity (Wildman–Crippen MR) is 85.3 cm³/mol. The van der Waals surface area contributed by atoms with E-state index in [9.17, 15) is 4.79 Å². The Bertz CT molecular complexity index is 588. The largest absolute Gasteiger partial charge is 0.492 e. The van der Waals surface area contributed by atoms with Crippen molar-refractivity contribution in [1.29, 1.82) is 0 Å². The highest BCUT2D eigenvalue weighted by Gasteiger charge is 2.32. The van der Waals surface area contributed by atoms with Gasteiger partial charge in [0.05, 0.1) is 12.3 Å². The normalized spacial score (nSPS) is 18.0. The summed E-state index contributed by atoms with van der Waals surface area (Å²) in [7, 11) is 0. The van der Waals surface area contributed by atoms with Gasteiger partial charge < -0.3 is 9.64 Å². The molecule has 1 heterocycles. The lowest BCUT2D eigenvalue weighted by Gasteiger charge is -2.24. The summed E-state index contributed by atoms with van der Waals surface area (Å²) in [5.74, 6) is 1.57. The zero-order valence-corrected chi connectivity index (χ0v) is 12.5. The first-order chi connectivity index (χ1) is 10.3. The number of rotatable bonds is 5. The first kappa shape index (κ1) is 14.0. The molecule has 3 rings (SSSR count). The van der Waals surface area contributed by atoms with Gasteiger partial charge >= 0.3 is 0 Å². The lowest BCUT2D eigenvalue weighted by Crippen LogP contribution is -2.32. The minimum atomic E-state index is 0.109. The Morgan fingerprint density at radius 3 is 2.43 bits per heavy atom. The second kappa shape index (κ2) is 6.68. The summed E-state index contributed by atoms with van der Waals surface area (Å²) in [5.41, 5.74) is 1.17. The van der Waals surface area contributed by atoms with E-state index < -0.39 is 0 Å². The molecular weight excluding hydrogens is 282 g/mol. The highest BCUT2D eigenvalue weighted by Crippen LogP contribution is 2.38. The summed E-state index contributed by atoms with van der Waals surface area (Å²) < 4.78 is 5.70. The maximum atomic E-state index is 12.0. The molecule has 1 aliphatic rings. The maximum absolute atomic E-state index is 12.0. The fourth-order valence-corrected chi connectivity index (χ4v) is 3.59. The van der Waals surface area contributed by atoms with E-state index in [-0.39, 0.29) is 11.3 Å². The van der Waals surface area contributed by atoms with Crippen molar-refractivity contribution in [2.75, 3.05) is 18.9 Å². The third-order valence-electron chi connectivity index (χ3n) is 3.40. The van der Waals surface area contributed by atoms with Crippen LogP contribution < -0.4 is 4.74 Å². The summed E-state index contributed by atoms with van der Waals surface area (Å²) in [6, 6.07) is 19.9. The fraction of sp³-hybridized carbons (Fsp3) is 0.235. The fourth-order valence-electron chi connectivity index (χ4n) is 2.37. The van der Waals surface area contributed by atoms with Crippen LogP contribution in [-0.2, 0) is 4.79 Å². The lowest BCUT2D eigenvalue weighted by molar-refractivity contribution is -0.128. The topological polar surface area (TPSA) is 29.5 Å². The standard InChI is InChI=1S/C17H17NO2S/c19-16-13-21-17(14-7-3-1-4-8-14)18(16)11-12-20-15-9-5-2-6-10-15/h1-10,17H,11-13H2. The number of ether oxygens (including phenoxy) is 1. The maximum Gasteiger partial charge on any atom is 0.233 e. The Balaban J connectivity index is 1.61. The zero-order valence-electron chi connectivity index (χ0n) is 11.6. The number of hydrogen-bond acceptors (Lipinski definition) is 3. The number of thioether (sulfide) groups is 1. The summed E-state index contributed by atoms with van der Waals surface area (Å²) in [5, 5.41) is 0.109. The first-order valence-corrected chi connectivity index (χ1v) is 8.03. The molecule has 1 aliphatic heterocycles. The van der Waals surface area contributed by atoms with Crippen LogP contribution in [0.1, 0.15) is 10.9 Å². The molecule has 0 N–H and O–H groups in total. The van der Waals surface area contributed by atoms with Crippen molar-refractivity contribution < 1.29 is 9.53 Å². The molecule has 0 bridgehead atoms. The molecule has 0 radical (unpaired) electrons. The Hall–Kier alpha value is -1.94. The van der Waals surface area contributed by atoms with Crippen molar-refractivity contribution in [3.63, 3.8) is 0 Å². The molecule has 1 atom stereocenters. The summed E-state index contributed by atoms with van der Waals surface area (Å²) in [6.45, 7) is 1.12. The van der Waals surface area contributed by atoms with E-state index in [0.29, 0.717) is 18.9 Å². The van der Waals surface area contributed by atoms with Crippen molar-refractivity contribution in [2.45, 2.75) is 5.37 Å². The van der Waals surface area contributed by atoms with Crippen LogP contribution in [0, 0.1) is 0 Å².